The van der Waals surface area contributed by atoms with Crippen LogP contribution in [0.2, 0.25) is 0 Å². The van der Waals surface area contributed by atoms with Crippen molar-refractivity contribution >= 4 is 11.8 Å². The van der Waals surface area contributed by atoms with Crippen molar-refractivity contribution in [3.8, 4) is 0 Å². The van der Waals surface area contributed by atoms with E-state index in [1.807, 2.05) is 11.8 Å². The number of thioether (sulfide) groups is 1. The molecule has 0 unspecified atom stereocenters. The van der Waals surface area contributed by atoms with E-state index in [-0.39, 0.29) is 0 Å². The van der Waals surface area contributed by atoms with Gasteiger partial charge in [-0.15, -0.1) is 0 Å². The lowest BCUT2D eigenvalue weighted by molar-refractivity contribution is -0.00109. The second kappa shape index (κ2) is 14.4. The van der Waals surface area contributed by atoms with Gasteiger partial charge in [-0.3, -0.25) is 0 Å². The highest BCUT2D eigenvalue weighted by molar-refractivity contribution is 8.00. The highest BCUT2D eigenvalue weighted by Crippen LogP contribution is 2.22. The second-order valence-electron chi connectivity index (χ2n) is 8.07. The predicted molar refractivity (Wildman–Crippen MR) is 104 cm³/mol. The van der Waals surface area contributed by atoms with Crippen molar-refractivity contribution < 1.29 is 18.9 Å². The highest BCUT2D eigenvalue weighted by atomic mass is 32.2. The van der Waals surface area contributed by atoms with Crippen molar-refractivity contribution in [1.82, 2.24) is 0 Å². The lowest BCUT2D eigenvalue weighted by atomic mass is 9.91. The van der Waals surface area contributed by atoms with Gasteiger partial charge in [0.2, 0.25) is 0 Å². The Morgan fingerprint density at radius 2 is 1.00 bits per heavy atom. The summed E-state index contributed by atoms with van der Waals surface area (Å²) in [4.78, 5) is 0. The van der Waals surface area contributed by atoms with Crippen molar-refractivity contribution in [2.75, 3.05) is 58.6 Å². The molecule has 0 rings (SSSR count). The summed E-state index contributed by atoms with van der Waals surface area (Å²) in [7, 11) is 0. The Balaban J connectivity index is 3.08. The topological polar surface area (TPSA) is 36.9 Å². The van der Waals surface area contributed by atoms with Crippen molar-refractivity contribution in [2.24, 2.45) is 5.41 Å². The molecule has 0 atom stereocenters. The lowest BCUT2D eigenvalue weighted by Gasteiger charge is -2.17. The Morgan fingerprint density at radius 3 is 1.42 bits per heavy atom. The third-order valence-corrected chi connectivity index (χ3v) is 4.33. The third kappa shape index (κ3) is 22.2. The van der Waals surface area contributed by atoms with Gasteiger partial charge in [0.1, 0.15) is 0 Å². The van der Waals surface area contributed by atoms with E-state index in [1.165, 1.54) is 6.42 Å². The van der Waals surface area contributed by atoms with Crippen LogP contribution < -0.4 is 0 Å². The summed E-state index contributed by atoms with van der Waals surface area (Å²) in [5.41, 5.74) is 0.395. The molecule has 0 bridgehead atoms. The molecular formula is C19H40O4S. The maximum absolute atomic E-state index is 5.55. The molecule has 0 aromatic heterocycles. The maximum atomic E-state index is 5.55. The fourth-order valence-electron chi connectivity index (χ4n) is 1.87. The molecule has 0 heterocycles. The van der Waals surface area contributed by atoms with E-state index in [0.717, 1.165) is 25.4 Å². The maximum Gasteiger partial charge on any atom is 0.0701 e. The first-order valence-electron chi connectivity index (χ1n) is 9.16. The molecular weight excluding hydrogens is 324 g/mol. The molecule has 0 amide bonds. The van der Waals surface area contributed by atoms with Gasteiger partial charge < -0.3 is 18.9 Å². The van der Waals surface area contributed by atoms with Gasteiger partial charge in [-0.2, -0.15) is 11.8 Å². The van der Waals surface area contributed by atoms with Crippen LogP contribution in [0.1, 0.15) is 54.4 Å². The fourth-order valence-corrected chi connectivity index (χ4v) is 2.69. The van der Waals surface area contributed by atoms with Crippen LogP contribution in [0.15, 0.2) is 0 Å². The van der Waals surface area contributed by atoms with Crippen LogP contribution in [0.5, 0.6) is 0 Å². The van der Waals surface area contributed by atoms with Gasteiger partial charge in [-0.1, -0.05) is 41.5 Å². The Morgan fingerprint density at radius 1 is 0.583 bits per heavy atom. The average Bonchev–Trinajstić information content (AvgIpc) is 2.44. The first-order chi connectivity index (χ1) is 11.2. The van der Waals surface area contributed by atoms with Crippen molar-refractivity contribution in [2.45, 2.75) is 59.1 Å². The Labute approximate surface area is 154 Å². The molecule has 0 aliphatic carbocycles. The summed E-state index contributed by atoms with van der Waals surface area (Å²) < 4.78 is 22.3. The minimum atomic E-state index is 0.313. The zero-order valence-corrected chi connectivity index (χ0v) is 17.6. The third-order valence-electron chi connectivity index (χ3n) is 3.09. The van der Waals surface area contributed by atoms with E-state index >= 15 is 0 Å². The van der Waals surface area contributed by atoms with Gasteiger partial charge >= 0.3 is 0 Å². The van der Waals surface area contributed by atoms with Crippen molar-refractivity contribution in [1.29, 1.82) is 0 Å². The Kier molecular flexibility index (Phi) is 14.5. The summed E-state index contributed by atoms with van der Waals surface area (Å²) >= 11 is 1.92. The van der Waals surface area contributed by atoms with Gasteiger partial charge in [0.05, 0.1) is 46.2 Å². The standard InChI is InChI=1S/C19H40O4S/c1-18(2,3)8-7-9-20-10-11-21-12-13-22-14-15-23-16-17-24-19(4,5)6/h7-17H2,1-6H3. The highest BCUT2D eigenvalue weighted by Gasteiger charge is 2.09. The molecule has 5 heteroatoms. The van der Waals surface area contributed by atoms with Gasteiger partial charge in [0.15, 0.2) is 0 Å². The van der Waals surface area contributed by atoms with Crippen LogP contribution in [0, 0.1) is 5.41 Å². The monoisotopic (exact) mass is 364 g/mol. The quantitative estimate of drug-likeness (QED) is 0.402. The zero-order valence-electron chi connectivity index (χ0n) is 16.8. The van der Waals surface area contributed by atoms with Crippen LogP contribution in [0.3, 0.4) is 0 Å². The molecule has 0 spiro atoms. The summed E-state index contributed by atoms with van der Waals surface area (Å²) in [6, 6.07) is 0. The number of hydrogen-bond acceptors (Lipinski definition) is 5. The molecule has 0 fully saturated rings. The van der Waals surface area contributed by atoms with Gasteiger partial charge in [-0.25, -0.2) is 0 Å². The molecule has 0 aromatic carbocycles. The van der Waals surface area contributed by atoms with Crippen LogP contribution in [0.25, 0.3) is 0 Å². The first-order valence-corrected chi connectivity index (χ1v) is 10.1. The Hall–Kier alpha value is 0.190. The summed E-state index contributed by atoms with van der Waals surface area (Å²) in [5, 5.41) is 0. The van der Waals surface area contributed by atoms with Crippen LogP contribution >= 0.6 is 11.8 Å². The molecule has 0 aliphatic heterocycles. The molecule has 0 radical (unpaired) electrons. The molecule has 24 heavy (non-hydrogen) atoms. The number of ether oxygens (including phenoxy) is 4. The van der Waals surface area contributed by atoms with Crippen LogP contribution in [-0.2, 0) is 18.9 Å². The normalized spacial score (nSPS) is 12.8. The van der Waals surface area contributed by atoms with Crippen molar-refractivity contribution in [3.63, 3.8) is 0 Å². The average molecular weight is 365 g/mol. The summed E-state index contributed by atoms with van der Waals surface area (Å²) in [6.45, 7) is 18.9. The van der Waals surface area contributed by atoms with Crippen LogP contribution in [-0.4, -0.2) is 63.4 Å². The van der Waals surface area contributed by atoms with E-state index < -0.39 is 0 Å². The van der Waals surface area contributed by atoms with Gasteiger partial charge in [0, 0.05) is 17.1 Å². The predicted octanol–water partition coefficient (Wildman–Crippen LogP) is 4.41. The molecule has 0 N–H and O–H groups in total. The van der Waals surface area contributed by atoms with Crippen molar-refractivity contribution in [3.05, 3.63) is 0 Å². The number of hydrogen-bond donors (Lipinski definition) is 0. The SMILES string of the molecule is CC(C)(C)CCCOCCOCCOCCOCCSC(C)(C)C. The van der Waals surface area contributed by atoms with E-state index in [0.29, 0.717) is 49.8 Å². The summed E-state index contributed by atoms with van der Waals surface area (Å²) in [6.07, 6.45) is 2.31. The van der Waals surface area contributed by atoms with Crippen LogP contribution in [0.4, 0.5) is 0 Å². The second-order valence-corrected chi connectivity index (χ2v) is 10.00. The molecule has 0 aromatic rings. The molecule has 146 valence electrons. The summed E-state index contributed by atoms with van der Waals surface area (Å²) in [5.74, 6) is 1.03. The molecule has 0 aliphatic rings. The van der Waals surface area contributed by atoms with E-state index in [9.17, 15) is 0 Å². The van der Waals surface area contributed by atoms with E-state index in [4.69, 9.17) is 18.9 Å². The molecule has 0 saturated carbocycles. The minimum Gasteiger partial charge on any atom is -0.379 e. The van der Waals surface area contributed by atoms with E-state index in [2.05, 4.69) is 41.5 Å². The molecule has 0 saturated heterocycles. The molecule has 4 nitrogen and oxygen atoms in total. The first kappa shape index (κ1) is 24.2. The fraction of sp³-hybridized carbons (Fsp3) is 1.00. The number of rotatable bonds is 15. The van der Waals surface area contributed by atoms with E-state index in [1.54, 1.807) is 0 Å². The minimum absolute atomic E-state index is 0.313. The smallest absolute Gasteiger partial charge is 0.0701 e. The largest absolute Gasteiger partial charge is 0.379 e. The van der Waals surface area contributed by atoms with Gasteiger partial charge in [-0.05, 0) is 18.3 Å². The Bertz CT molecular complexity index is 244. The lowest BCUT2D eigenvalue weighted by Crippen LogP contribution is -2.14. The van der Waals surface area contributed by atoms with Gasteiger partial charge in [0.25, 0.3) is 0 Å². The zero-order chi connectivity index (χ0) is 18.3.